The molecule has 4 aromatic rings. The lowest BCUT2D eigenvalue weighted by Gasteiger charge is -2.09. The van der Waals surface area contributed by atoms with Crippen molar-refractivity contribution in [1.29, 1.82) is 4.78 Å². The molecule has 1 aliphatic heterocycles. The largest absolute Gasteiger partial charge is 0.491 e. The molecule has 0 saturated carbocycles. The third kappa shape index (κ3) is 2.97. The molecule has 0 fully saturated rings. The minimum atomic E-state index is -3.22. The van der Waals surface area contributed by atoms with E-state index in [2.05, 4.69) is 20.3 Å². The zero-order chi connectivity index (χ0) is 20.0. The number of nitrogens with zero attached hydrogens (tertiary/aromatic N) is 4. The highest BCUT2D eigenvalue weighted by molar-refractivity contribution is 7.92. The van der Waals surface area contributed by atoms with E-state index in [4.69, 9.17) is 9.52 Å². The van der Waals surface area contributed by atoms with Gasteiger partial charge in [-0.1, -0.05) is 0 Å². The zero-order valence-corrected chi connectivity index (χ0v) is 16.0. The van der Waals surface area contributed by atoms with Crippen LogP contribution < -0.4 is 10.3 Å². The van der Waals surface area contributed by atoms with Gasteiger partial charge in [0.15, 0.2) is 0 Å². The average Bonchev–Trinajstić information content (AvgIpc) is 3.41. The van der Waals surface area contributed by atoms with Crippen LogP contribution in [0.15, 0.2) is 63.5 Å². The van der Waals surface area contributed by atoms with Gasteiger partial charge in [0.25, 0.3) is 5.56 Å². The summed E-state index contributed by atoms with van der Waals surface area (Å²) < 4.78 is 27.9. The van der Waals surface area contributed by atoms with Gasteiger partial charge in [0.05, 0.1) is 52.1 Å². The van der Waals surface area contributed by atoms with Gasteiger partial charge in [0.1, 0.15) is 15.5 Å². The van der Waals surface area contributed by atoms with E-state index in [1.54, 1.807) is 24.4 Å². The molecule has 0 radical (unpaired) electrons. The molecule has 29 heavy (non-hydrogen) atoms. The number of rotatable bonds is 4. The Morgan fingerprint density at radius 1 is 1.21 bits per heavy atom. The molecule has 10 heteroatoms. The van der Waals surface area contributed by atoms with E-state index in [-0.39, 0.29) is 17.0 Å². The van der Waals surface area contributed by atoms with Crippen LogP contribution in [0.2, 0.25) is 0 Å². The molecular weight excluding hydrogens is 392 g/mol. The molecule has 146 valence electrons. The lowest BCUT2D eigenvalue weighted by atomic mass is 10.2. The van der Waals surface area contributed by atoms with Crippen LogP contribution in [0.5, 0.6) is 5.75 Å². The Labute approximate surface area is 165 Å². The minimum absolute atomic E-state index is 0.244. The maximum atomic E-state index is 12.9. The van der Waals surface area contributed by atoms with Crippen molar-refractivity contribution < 1.29 is 8.95 Å². The number of H-pyrrole nitrogens is 1. The Kier molecular flexibility index (Phi) is 3.95. The van der Waals surface area contributed by atoms with Crippen molar-refractivity contribution in [3.05, 3.63) is 70.7 Å². The number of pyridine rings is 1. The maximum absolute atomic E-state index is 12.9. The number of hydrogen-bond acceptors (Lipinski definition) is 7. The monoisotopic (exact) mass is 408 g/mol. The molecule has 0 aliphatic carbocycles. The first kappa shape index (κ1) is 17.6. The SMILES string of the molecule is N=[S@](=O)(c1cn[nH]c1)c1ccc2c(=O)n(Cc3ccc4c(n3)CCO4)ncc2c1. The quantitative estimate of drug-likeness (QED) is 0.531. The van der Waals surface area contributed by atoms with Crippen molar-refractivity contribution in [2.45, 2.75) is 22.8 Å². The molecule has 4 heterocycles. The van der Waals surface area contributed by atoms with Crippen molar-refractivity contribution in [2.75, 3.05) is 6.61 Å². The number of benzene rings is 1. The number of ether oxygens (including phenoxy) is 1. The first-order valence-corrected chi connectivity index (χ1v) is 10.5. The Morgan fingerprint density at radius 2 is 2.10 bits per heavy atom. The van der Waals surface area contributed by atoms with Crippen molar-refractivity contribution in [2.24, 2.45) is 0 Å². The van der Waals surface area contributed by atoms with E-state index in [0.717, 1.165) is 23.6 Å². The minimum Gasteiger partial charge on any atom is -0.491 e. The zero-order valence-electron chi connectivity index (χ0n) is 15.2. The Balaban J connectivity index is 1.52. The second kappa shape index (κ2) is 6.52. The van der Waals surface area contributed by atoms with Crippen LogP contribution in [0.1, 0.15) is 11.4 Å². The lowest BCUT2D eigenvalue weighted by molar-refractivity contribution is 0.356. The van der Waals surface area contributed by atoms with E-state index in [1.807, 2.05) is 12.1 Å². The third-order valence-electron chi connectivity index (χ3n) is 4.86. The Bertz CT molecular complexity index is 1390. The summed E-state index contributed by atoms with van der Waals surface area (Å²) in [5, 5.41) is 11.5. The fourth-order valence-corrected chi connectivity index (χ4v) is 4.58. The van der Waals surface area contributed by atoms with Crippen LogP contribution >= 0.6 is 0 Å². The van der Waals surface area contributed by atoms with Crippen molar-refractivity contribution in [3.63, 3.8) is 0 Å². The Morgan fingerprint density at radius 3 is 2.93 bits per heavy atom. The van der Waals surface area contributed by atoms with Crippen LogP contribution in [-0.2, 0) is 22.7 Å². The summed E-state index contributed by atoms with van der Waals surface area (Å²) in [4.78, 5) is 18.0. The summed E-state index contributed by atoms with van der Waals surface area (Å²) in [5.74, 6) is 0.789. The van der Waals surface area contributed by atoms with Gasteiger partial charge in [-0.2, -0.15) is 10.2 Å². The number of nitrogens with one attached hydrogen (secondary N) is 2. The molecule has 0 bridgehead atoms. The van der Waals surface area contributed by atoms with Crippen molar-refractivity contribution in [3.8, 4) is 5.75 Å². The topological polar surface area (TPSA) is 127 Å². The molecule has 3 aromatic heterocycles. The van der Waals surface area contributed by atoms with Crippen molar-refractivity contribution >= 4 is 20.5 Å². The van der Waals surface area contributed by atoms with Crippen molar-refractivity contribution in [1.82, 2.24) is 25.0 Å². The van der Waals surface area contributed by atoms with Gasteiger partial charge in [-0.15, -0.1) is 0 Å². The number of hydrogen-bond donors (Lipinski definition) is 2. The fraction of sp³-hybridized carbons (Fsp3) is 0.158. The average molecular weight is 408 g/mol. The second-order valence-electron chi connectivity index (χ2n) is 6.69. The number of fused-ring (bicyclic) bond motifs is 2. The second-order valence-corrected chi connectivity index (χ2v) is 8.75. The van der Waals surface area contributed by atoms with E-state index in [9.17, 15) is 9.00 Å². The fourth-order valence-electron chi connectivity index (χ4n) is 3.33. The van der Waals surface area contributed by atoms with Gasteiger partial charge >= 0.3 is 0 Å². The summed E-state index contributed by atoms with van der Waals surface area (Å²) in [6.45, 7) is 0.869. The van der Waals surface area contributed by atoms with Gasteiger partial charge in [-0.25, -0.2) is 13.7 Å². The summed E-state index contributed by atoms with van der Waals surface area (Å²) in [6, 6.07) is 8.39. The van der Waals surface area contributed by atoms with Gasteiger partial charge in [-0.05, 0) is 30.3 Å². The summed E-state index contributed by atoms with van der Waals surface area (Å²) in [6.07, 6.45) is 5.10. The van der Waals surface area contributed by atoms with E-state index < -0.39 is 9.73 Å². The smallest absolute Gasteiger partial charge is 0.274 e. The van der Waals surface area contributed by atoms with Crippen LogP contribution in [0, 0.1) is 4.78 Å². The maximum Gasteiger partial charge on any atom is 0.274 e. The molecule has 0 spiro atoms. The molecule has 0 saturated heterocycles. The van der Waals surface area contributed by atoms with Crippen LogP contribution in [-0.4, -0.2) is 35.8 Å². The molecular formula is C19H16N6O3S. The van der Waals surface area contributed by atoms with Gasteiger partial charge in [0.2, 0.25) is 0 Å². The molecule has 1 aliphatic rings. The molecule has 1 aromatic carbocycles. The molecule has 9 nitrogen and oxygen atoms in total. The predicted molar refractivity (Wildman–Crippen MR) is 105 cm³/mol. The highest BCUT2D eigenvalue weighted by atomic mass is 32.2. The summed E-state index contributed by atoms with van der Waals surface area (Å²) in [7, 11) is -3.22. The van der Waals surface area contributed by atoms with E-state index in [0.29, 0.717) is 22.3 Å². The summed E-state index contributed by atoms with van der Waals surface area (Å²) in [5.41, 5.74) is 1.35. The van der Waals surface area contributed by atoms with Gasteiger partial charge in [-0.3, -0.25) is 14.9 Å². The predicted octanol–water partition coefficient (Wildman–Crippen LogP) is 1.96. The standard InChI is InChI=1S/C19H16N6O3S/c20-29(27,15-9-21-22-10-15)14-2-3-16-12(7-14)8-23-25(19(16)26)11-13-1-4-18-17(24-13)5-6-28-18/h1-4,7-10,20H,5-6,11H2,(H,21,22)/t29-/m1/s1. The van der Waals surface area contributed by atoms with Crippen LogP contribution in [0.3, 0.4) is 0 Å². The number of aromatic nitrogens is 5. The first-order valence-electron chi connectivity index (χ1n) is 8.91. The number of aromatic amines is 1. The van der Waals surface area contributed by atoms with Gasteiger partial charge < -0.3 is 4.74 Å². The van der Waals surface area contributed by atoms with E-state index >= 15 is 0 Å². The molecule has 0 amide bonds. The lowest BCUT2D eigenvalue weighted by Crippen LogP contribution is -2.24. The normalized spacial score (nSPS) is 15.0. The molecule has 0 unspecified atom stereocenters. The molecule has 2 N–H and O–H groups in total. The van der Waals surface area contributed by atoms with Crippen LogP contribution in [0.4, 0.5) is 0 Å². The van der Waals surface area contributed by atoms with Crippen LogP contribution in [0.25, 0.3) is 10.8 Å². The molecule has 1 atom stereocenters. The first-order chi connectivity index (χ1) is 14.0. The Hall–Kier alpha value is -3.53. The van der Waals surface area contributed by atoms with E-state index in [1.165, 1.54) is 17.1 Å². The van der Waals surface area contributed by atoms with Gasteiger partial charge in [0, 0.05) is 18.0 Å². The highest BCUT2D eigenvalue weighted by Gasteiger charge is 2.17. The highest BCUT2D eigenvalue weighted by Crippen LogP contribution is 2.24. The third-order valence-corrected chi connectivity index (χ3v) is 6.66. The molecule has 5 rings (SSSR count). The summed E-state index contributed by atoms with van der Waals surface area (Å²) >= 11 is 0.